The number of rotatable bonds is 5. The molecule has 1 heterocycles. The van der Waals surface area contributed by atoms with Gasteiger partial charge in [-0.2, -0.15) is 9.97 Å². The lowest BCUT2D eigenvalue weighted by atomic mass is 10.3. The Morgan fingerprint density at radius 3 is 2.47 bits per heavy atom. The summed E-state index contributed by atoms with van der Waals surface area (Å²) in [6.45, 7) is 4.02. The number of hydrogen-bond acceptors (Lipinski definition) is 7. The largest absolute Gasteiger partial charge is 0.476 e. The topological polar surface area (TPSA) is 113 Å². The van der Waals surface area contributed by atoms with Crippen molar-refractivity contribution in [2.45, 2.75) is 26.7 Å². The molecular formula is C10H16N4O3. The minimum atomic E-state index is -0.417. The molecule has 0 unspecified atom stereocenters. The Kier molecular flexibility index (Phi) is 4.50. The molecule has 0 aliphatic heterocycles. The highest BCUT2D eigenvalue weighted by Gasteiger charge is 2.15. The van der Waals surface area contributed by atoms with E-state index in [0.29, 0.717) is 13.0 Å². The quantitative estimate of drug-likeness (QED) is 0.730. The van der Waals surface area contributed by atoms with Gasteiger partial charge in [0, 0.05) is 6.42 Å². The van der Waals surface area contributed by atoms with Crippen LogP contribution in [0.5, 0.6) is 11.8 Å². The van der Waals surface area contributed by atoms with Crippen LogP contribution in [-0.4, -0.2) is 22.5 Å². The Bertz CT molecular complexity index is 409. The van der Waals surface area contributed by atoms with E-state index in [1.54, 1.807) is 6.92 Å². The Morgan fingerprint density at radius 2 is 1.88 bits per heavy atom. The summed E-state index contributed by atoms with van der Waals surface area (Å²) in [5.74, 6) is -0.402. The van der Waals surface area contributed by atoms with E-state index < -0.39 is 5.97 Å². The van der Waals surface area contributed by atoms with E-state index in [1.165, 1.54) is 0 Å². The van der Waals surface area contributed by atoms with Crippen LogP contribution >= 0.6 is 0 Å². The number of anilines is 2. The second-order valence-electron chi connectivity index (χ2n) is 3.26. The monoisotopic (exact) mass is 240 g/mol. The zero-order chi connectivity index (χ0) is 12.8. The van der Waals surface area contributed by atoms with E-state index in [9.17, 15) is 4.79 Å². The number of aromatic nitrogens is 2. The first-order valence-corrected chi connectivity index (χ1v) is 5.34. The molecule has 0 atom stereocenters. The van der Waals surface area contributed by atoms with Gasteiger partial charge in [0.15, 0.2) is 5.69 Å². The van der Waals surface area contributed by atoms with Crippen molar-refractivity contribution >= 4 is 17.6 Å². The van der Waals surface area contributed by atoms with Gasteiger partial charge >= 0.3 is 5.97 Å². The SMILES string of the molecule is CCCC(=O)Oc1nc(N)nc(OCC)c1N. The number of nitrogens with zero attached hydrogens (tertiary/aromatic N) is 2. The molecule has 0 aromatic carbocycles. The van der Waals surface area contributed by atoms with Crippen LogP contribution in [0.2, 0.25) is 0 Å². The van der Waals surface area contributed by atoms with Gasteiger partial charge in [0.1, 0.15) is 0 Å². The molecule has 0 spiro atoms. The molecule has 4 N–H and O–H groups in total. The number of carbonyl (C=O) groups is 1. The van der Waals surface area contributed by atoms with Gasteiger partial charge in [-0.1, -0.05) is 6.92 Å². The van der Waals surface area contributed by atoms with Gasteiger partial charge in [0.25, 0.3) is 5.88 Å². The number of nitrogens with two attached hydrogens (primary N) is 2. The maximum Gasteiger partial charge on any atom is 0.312 e. The highest BCUT2D eigenvalue weighted by atomic mass is 16.5. The van der Waals surface area contributed by atoms with Crippen molar-refractivity contribution in [2.24, 2.45) is 0 Å². The highest BCUT2D eigenvalue weighted by Crippen LogP contribution is 2.28. The molecule has 0 saturated heterocycles. The number of carbonyl (C=O) groups excluding carboxylic acids is 1. The first-order chi connectivity index (χ1) is 8.08. The Morgan fingerprint density at radius 1 is 1.24 bits per heavy atom. The van der Waals surface area contributed by atoms with Crippen LogP contribution in [0, 0.1) is 0 Å². The zero-order valence-corrected chi connectivity index (χ0v) is 9.90. The van der Waals surface area contributed by atoms with E-state index >= 15 is 0 Å². The average molecular weight is 240 g/mol. The zero-order valence-electron chi connectivity index (χ0n) is 9.90. The first kappa shape index (κ1) is 13.0. The third-order valence-corrected chi connectivity index (χ3v) is 1.84. The lowest BCUT2D eigenvalue weighted by molar-refractivity contribution is -0.134. The van der Waals surface area contributed by atoms with Gasteiger partial charge in [0.05, 0.1) is 6.61 Å². The second-order valence-corrected chi connectivity index (χ2v) is 3.26. The van der Waals surface area contributed by atoms with Crippen LogP contribution in [0.4, 0.5) is 11.6 Å². The summed E-state index contributed by atoms with van der Waals surface area (Å²) in [5, 5.41) is 0. The van der Waals surface area contributed by atoms with Crippen LogP contribution in [0.1, 0.15) is 26.7 Å². The van der Waals surface area contributed by atoms with Gasteiger partial charge in [-0.3, -0.25) is 4.79 Å². The van der Waals surface area contributed by atoms with E-state index in [0.717, 1.165) is 0 Å². The molecule has 0 fully saturated rings. The van der Waals surface area contributed by atoms with Crippen LogP contribution in [-0.2, 0) is 4.79 Å². The molecule has 1 aromatic rings. The van der Waals surface area contributed by atoms with Crippen molar-refractivity contribution < 1.29 is 14.3 Å². The summed E-state index contributed by atoms with van der Waals surface area (Å²) in [6.07, 6.45) is 0.963. The smallest absolute Gasteiger partial charge is 0.312 e. The lowest BCUT2D eigenvalue weighted by Gasteiger charge is -2.10. The third kappa shape index (κ3) is 3.47. The van der Waals surface area contributed by atoms with Gasteiger partial charge < -0.3 is 20.9 Å². The van der Waals surface area contributed by atoms with Crippen molar-refractivity contribution in [3.63, 3.8) is 0 Å². The predicted octanol–water partition coefficient (Wildman–Crippen LogP) is 0.745. The standard InChI is InChI=1S/C10H16N4O3/c1-3-5-6(15)17-9-7(11)8(16-4-2)13-10(12)14-9/h3-5,11H2,1-2H3,(H2,12,13,14). The minimum absolute atomic E-state index is 0.0538. The Labute approximate surface area is 99.1 Å². The third-order valence-electron chi connectivity index (χ3n) is 1.84. The minimum Gasteiger partial charge on any atom is -0.476 e. The van der Waals surface area contributed by atoms with E-state index in [2.05, 4.69) is 9.97 Å². The van der Waals surface area contributed by atoms with Crippen LogP contribution in [0.25, 0.3) is 0 Å². The Balaban J connectivity index is 2.94. The molecule has 0 saturated carbocycles. The van der Waals surface area contributed by atoms with Crippen molar-refractivity contribution in [1.82, 2.24) is 9.97 Å². The molecule has 1 aromatic heterocycles. The summed E-state index contributed by atoms with van der Waals surface area (Å²) >= 11 is 0. The molecule has 0 aliphatic rings. The molecule has 0 aliphatic carbocycles. The maximum absolute atomic E-state index is 11.3. The molecule has 94 valence electrons. The van der Waals surface area contributed by atoms with E-state index in [-0.39, 0.29) is 29.8 Å². The molecular weight excluding hydrogens is 224 g/mol. The molecule has 7 heteroatoms. The van der Waals surface area contributed by atoms with Gasteiger partial charge in [-0.05, 0) is 13.3 Å². The van der Waals surface area contributed by atoms with Gasteiger partial charge in [-0.25, -0.2) is 0 Å². The summed E-state index contributed by atoms with van der Waals surface area (Å²) in [7, 11) is 0. The summed E-state index contributed by atoms with van der Waals surface area (Å²) < 4.78 is 10.1. The summed E-state index contributed by atoms with van der Waals surface area (Å²) in [6, 6.07) is 0. The summed E-state index contributed by atoms with van der Waals surface area (Å²) in [4.78, 5) is 18.9. The van der Waals surface area contributed by atoms with Crippen molar-refractivity contribution in [2.75, 3.05) is 18.1 Å². The van der Waals surface area contributed by atoms with Crippen molar-refractivity contribution in [3.05, 3.63) is 0 Å². The molecule has 7 nitrogen and oxygen atoms in total. The fraction of sp³-hybridized carbons (Fsp3) is 0.500. The molecule has 17 heavy (non-hydrogen) atoms. The molecule has 0 bridgehead atoms. The van der Waals surface area contributed by atoms with Crippen LogP contribution in [0.15, 0.2) is 0 Å². The van der Waals surface area contributed by atoms with Gasteiger partial charge in [0.2, 0.25) is 11.8 Å². The van der Waals surface area contributed by atoms with Crippen LogP contribution in [0.3, 0.4) is 0 Å². The van der Waals surface area contributed by atoms with Crippen molar-refractivity contribution in [1.29, 1.82) is 0 Å². The van der Waals surface area contributed by atoms with Crippen LogP contribution < -0.4 is 20.9 Å². The van der Waals surface area contributed by atoms with E-state index in [4.69, 9.17) is 20.9 Å². The average Bonchev–Trinajstić information content (AvgIpc) is 2.25. The number of ether oxygens (including phenoxy) is 2. The van der Waals surface area contributed by atoms with Gasteiger partial charge in [-0.15, -0.1) is 0 Å². The Hall–Kier alpha value is -2.05. The normalized spacial score (nSPS) is 10.0. The number of esters is 1. The predicted molar refractivity (Wildman–Crippen MR) is 62.6 cm³/mol. The van der Waals surface area contributed by atoms with Crippen molar-refractivity contribution in [3.8, 4) is 11.8 Å². The van der Waals surface area contributed by atoms with E-state index in [1.807, 2.05) is 6.92 Å². The highest BCUT2D eigenvalue weighted by molar-refractivity contribution is 5.74. The fourth-order valence-corrected chi connectivity index (χ4v) is 1.13. The summed E-state index contributed by atoms with van der Waals surface area (Å²) in [5.41, 5.74) is 11.2. The first-order valence-electron chi connectivity index (χ1n) is 5.34. The molecule has 0 radical (unpaired) electrons. The second kappa shape index (κ2) is 5.88. The molecule has 0 amide bonds. The number of hydrogen-bond donors (Lipinski definition) is 2. The maximum atomic E-state index is 11.3. The number of nitrogen functional groups attached to an aromatic ring is 2. The molecule has 1 rings (SSSR count). The fourth-order valence-electron chi connectivity index (χ4n) is 1.13. The lowest BCUT2D eigenvalue weighted by Crippen LogP contribution is -2.13.